The molecule has 114 valence electrons. The average molecular weight is 286 g/mol. The number of nitrogens with zero attached hydrogens (tertiary/aromatic N) is 1. The first kappa shape index (κ1) is 14.6. The zero-order chi connectivity index (χ0) is 15.0. The highest BCUT2D eigenvalue weighted by Gasteiger charge is 2.35. The van der Waals surface area contributed by atoms with E-state index in [1.54, 1.807) is 0 Å². The molecule has 0 aromatic heterocycles. The van der Waals surface area contributed by atoms with Gasteiger partial charge >= 0.3 is 0 Å². The lowest BCUT2D eigenvalue weighted by atomic mass is 9.89. The summed E-state index contributed by atoms with van der Waals surface area (Å²) in [5, 5.41) is 0. The van der Waals surface area contributed by atoms with Crippen molar-refractivity contribution in [2.75, 3.05) is 6.54 Å². The zero-order valence-electron chi connectivity index (χ0n) is 13.1. The van der Waals surface area contributed by atoms with Crippen molar-refractivity contribution < 1.29 is 4.79 Å². The summed E-state index contributed by atoms with van der Waals surface area (Å²) in [6, 6.07) is 8.92. The topological polar surface area (TPSA) is 46.3 Å². The normalized spacial score (nSPS) is 26.5. The summed E-state index contributed by atoms with van der Waals surface area (Å²) in [5.41, 5.74) is 8.99. The van der Waals surface area contributed by atoms with Crippen molar-refractivity contribution in [2.24, 2.45) is 11.7 Å². The summed E-state index contributed by atoms with van der Waals surface area (Å²) in [6.07, 6.45) is 4.02. The van der Waals surface area contributed by atoms with E-state index in [1.807, 2.05) is 4.90 Å². The molecule has 1 amide bonds. The first-order valence-corrected chi connectivity index (χ1v) is 8.21. The molecule has 2 aliphatic rings. The molecule has 3 rings (SSSR count). The molecular formula is C18H26N2O. The molecule has 1 aliphatic heterocycles. The van der Waals surface area contributed by atoms with E-state index in [4.69, 9.17) is 5.73 Å². The van der Waals surface area contributed by atoms with Crippen LogP contribution < -0.4 is 5.73 Å². The number of rotatable bonds is 4. The lowest BCUT2D eigenvalue weighted by molar-refractivity contribution is -0.138. The largest absolute Gasteiger partial charge is 0.334 e. The van der Waals surface area contributed by atoms with Crippen LogP contribution in [0.4, 0.5) is 0 Å². The second kappa shape index (κ2) is 5.80. The van der Waals surface area contributed by atoms with Gasteiger partial charge in [-0.3, -0.25) is 4.79 Å². The summed E-state index contributed by atoms with van der Waals surface area (Å²) < 4.78 is 0. The van der Waals surface area contributed by atoms with Gasteiger partial charge in [-0.2, -0.15) is 0 Å². The van der Waals surface area contributed by atoms with Crippen molar-refractivity contribution in [1.29, 1.82) is 0 Å². The van der Waals surface area contributed by atoms with Crippen LogP contribution in [0.2, 0.25) is 0 Å². The van der Waals surface area contributed by atoms with E-state index < -0.39 is 0 Å². The quantitative estimate of drug-likeness (QED) is 0.924. The zero-order valence-corrected chi connectivity index (χ0v) is 13.1. The summed E-state index contributed by atoms with van der Waals surface area (Å²) in [4.78, 5) is 14.3. The van der Waals surface area contributed by atoms with Gasteiger partial charge < -0.3 is 10.6 Å². The minimum absolute atomic E-state index is 0.0434. The second-order valence-corrected chi connectivity index (χ2v) is 7.03. The number of likely N-dealkylation sites (tertiary alicyclic amines) is 1. The van der Waals surface area contributed by atoms with Gasteiger partial charge in [0.2, 0.25) is 5.91 Å². The molecule has 2 unspecified atom stereocenters. The van der Waals surface area contributed by atoms with E-state index in [2.05, 4.69) is 38.1 Å². The van der Waals surface area contributed by atoms with E-state index >= 15 is 0 Å². The minimum atomic E-state index is 0.0434. The Labute approximate surface area is 127 Å². The Bertz CT molecular complexity index is 504. The summed E-state index contributed by atoms with van der Waals surface area (Å²) in [7, 11) is 0. The van der Waals surface area contributed by atoms with Gasteiger partial charge in [-0.15, -0.1) is 0 Å². The predicted molar refractivity (Wildman–Crippen MR) is 84.9 cm³/mol. The molecule has 1 saturated heterocycles. The molecule has 3 heteroatoms. The van der Waals surface area contributed by atoms with Crippen molar-refractivity contribution in [1.82, 2.24) is 4.90 Å². The van der Waals surface area contributed by atoms with Crippen molar-refractivity contribution >= 4 is 5.91 Å². The van der Waals surface area contributed by atoms with Crippen molar-refractivity contribution in [2.45, 2.75) is 57.5 Å². The number of nitrogens with two attached hydrogens (primary N) is 1. The molecule has 2 atom stereocenters. The van der Waals surface area contributed by atoms with Crippen LogP contribution in [0.25, 0.3) is 0 Å². The fourth-order valence-corrected chi connectivity index (χ4v) is 3.40. The molecule has 2 N–H and O–H groups in total. The van der Waals surface area contributed by atoms with Crippen molar-refractivity contribution in [3.63, 3.8) is 0 Å². The van der Waals surface area contributed by atoms with Gasteiger partial charge in [-0.1, -0.05) is 38.1 Å². The monoisotopic (exact) mass is 286 g/mol. The highest BCUT2D eigenvalue weighted by atomic mass is 16.2. The van der Waals surface area contributed by atoms with Crippen molar-refractivity contribution in [3.8, 4) is 0 Å². The van der Waals surface area contributed by atoms with E-state index in [0.29, 0.717) is 12.3 Å². The van der Waals surface area contributed by atoms with E-state index in [1.165, 1.54) is 24.0 Å². The highest BCUT2D eigenvalue weighted by Crippen LogP contribution is 2.41. The van der Waals surface area contributed by atoms with Gasteiger partial charge in [-0.05, 0) is 42.2 Å². The van der Waals surface area contributed by atoms with E-state index in [9.17, 15) is 4.79 Å². The maximum Gasteiger partial charge on any atom is 0.223 e. The Balaban J connectivity index is 1.85. The predicted octanol–water partition coefficient (Wildman–Crippen LogP) is 3.21. The lowest BCUT2D eigenvalue weighted by Crippen LogP contribution is -2.49. The van der Waals surface area contributed by atoms with Crippen LogP contribution in [-0.2, 0) is 4.79 Å². The molecule has 1 aromatic carbocycles. The third-order valence-electron chi connectivity index (χ3n) is 4.64. The number of benzene rings is 1. The number of carbonyl (C=O) groups is 1. The van der Waals surface area contributed by atoms with Crippen LogP contribution >= 0.6 is 0 Å². The number of amides is 1. The number of hydrogen-bond acceptors (Lipinski definition) is 2. The Morgan fingerprint density at radius 1 is 1.14 bits per heavy atom. The fourth-order valence-electron chi connectivity index (χ4n) is 3.40. The summed E-state index contributed by atoms with van der Waals surface area (Å²) >= 11 is 0. The number of hydrogen-bond donors (Lipinski definition) is 1. The van der Waals surface area contributed by atoms with Crippen LogP contribution in [0.15, 0.2) is 24.3 Å². The van der Waals surface area contributed by atoms with Gasteiger partial charge in [0.15, 0.2) is 0 Å². The summed E-state index contributed by atoms with van der Waals surface area (Å²) in [6.45, 7) is 5.10. The number of piperidine rings is 1. The Hall–Kier alpha value is -1.35. The molecular weight excluding hydrogens is 260 g/mol. The molecule has 0 bridgehead atoms. The van der Waals surface area contributed by atoms with Gasteiger partial charge in [0.25, 0.3) is 0 Å². The molecule has 2 fully saturated rings. The summed E-state index contributed by atoms with van der Waals surface area (Å²) in [5.74, 6) is 1.49. The van der Waals surface area contributed by atoms with Gasteiger partial charge in [0.1, 0.15) is 0 Å². The molecule has 1 heterocycles. The van der Waals surface area contributed by atoms with Crippen LogP contribution in [0.5, 0.6) is 0 Å². The molecule has 0 spiro atoms. The molecule has 1 saturated carbocycles. The maximum absolute atomic E-state index is 12.3. The van der Waals surface area contributed by atoms with Crippen LogP contribution in [0, 0.1) is 5.92 Å². The van der Waals surface area contributed by atoms with Gasteiger partial charge in [0, 0.05) is 19.0 Å². The Morgan fingerprint density at radius 3 is 2.33 bits per heavy atom. The van der Waals surface area contributed by atoms with E-state index in [-0.39, 0.29) is 18.0 Å². The highest BCUT2D eigenvalue weighted by molar-refractivity contribution is 5.78. The lowest BCUT2D eigenvalue weighted by Gasteiger charge is -2.41. The first-order chi connectivity index (χ1) is 10.1. The third-order valence-corrected chi connectivity index (χ3v) is 4.64. The van der Waals surface area contributed by atoms with Gasteiger partial charge in [0.05, 0.1) is 6.04 Å². The number of carbonyl (C=O) groups excluding carboxylic acids is 1. The molecule has 3 nitrogen and oxygen atoms in total. The maximum atomic E-state index is 12.3. The Kier molecular flexibility index (Phi) is 4.03. The van der Waals surface area contributed by atoms with Crippen molar-refractivity contribution in [3.05, 3.63) is 35.4 Å². The van der Waals surface area contributed by atoms with Crippen LogP contribution in [0.3, 0.4) is 0 Å². The second-order valence-electron chi connectivity index (χ2n) is 7.03. The molecule has 1 aliphatic carbocycles. The smallest absolute Gasteiger partial charge is 0.223 e. The van der Waals surface area contributed by atoms with Crippen LogP contribution in [-0.4, -0.2) is 23.4 Å². The first-order valence-electron chi connectivity index (χ1n) is 8.21. The fraction of sp³-hybridized carbons (Fsp3) is 0.611. The standard InChI is InChI=1S/C18H26N2O/c1-12(2)11-20-17(21)10-9-16(19)18(20)15-7-5-14(6-8-15)13-3-4-13/h5-8,12-13,16,18H,3-4,9-11,19H2,1-2H3. The van der Waals surface area contributed by atoms with Crippen LogP contribution in [0.1, 0.15) is 62.6 Å². The van der Waals surface area contributed by atoms with E-state index in [0.717, 1.165) is 18.9 Å². The third kappa shape index (κ3) is 3.13. The van der Waals surface area contributed by atoms with Gasteiger partial charge in [-0.25, -0.2) is 0 Å². The SMILES string of the molecule is CC(C)CN1C(=O)CCC(N)C1c1ccc(C2CC2)cc1. The minimum Gasteiger partial charge on any atom is -0.334 e. The molecule has 0 radical (unpaired) electrons. The average Bonchev–Trinajstić information content (AvgIpc) is 3.28. The Morgan fingerprint density at radius 2 is 1.76 bits per heavy atom. The molecule has 21 heavy (non-hydrogen) atoms. The molecule has 1 aromatic rings.